The van der Waals surface area contributed by atoms with Gasteiger partial charge in [-0.05, 0) is 36.7 Å². The molecular formula is C26H25OP. The lowest BCUT2D eigenvalue weighted by molar-refractivity contribution is 0.557. The molecule has 0 aliphatic heterocycles. The smallest absolute Gasteiger partial charge is 0.147 e. The SMILES string of the molecule is O=P(c1ccccc1)(c1ccccc1)[C@@H]1[C@@H]2C=C(Cc3ccccc3)[C@H]1CC2. The van der Waals surface area contributed by atoms with Crippen LogP contribution in [0.2, 0.25) is 0 Å². The Morgan fingerprint density at radius 2 is 1.25 bits per heavy atom. The van der Waals surface area contributed by atoms with Crippen LogP contribution in [0.4, 0.5) is 0 Å². The van der Waals surface area contributed by atoms with E-state index in [1.807, 2.05) is 36.4 Å². The number of hydrogen-bond donors (Lipinski definition) is 0. The predicted molar refractivity (Wildman–Crippen MR) is 118 cm³/mol. The summed E-state index contributed by atoms with van der Waals surface area (Å²) >= 11 is 0. The van der Waals surface area contributed by atoms with Crippen molar-refractivity contribution in [2.75, 3.05) is 0 Å². The fourth-order valence-electron chi connectivity index (χ4n) is 5.33. The summed E-state index contributed by atoms with van der Waals surface area (Å²) in [5.74, 6) is 0.853. The molecule has 5 rings (SSSR count). The summed E-state index contributed by atoms with van der Waals surface area (Å²) in [5.41, 5.74) is 3.06. The van der Waals surface area contributed by atoms with Crippen molar-refractivity contribution in [3.05, 3.63) is 108 Å². The van der Waals surface area contributed by atoms with E-state index in [0.717, 1.165) is 29.9 Å². The predicted octanol–water partition coefficient (Wildman–Crippen LogP) is 5.58. The zero-order valence-electron chi connectivity index (χ0n) is 15.9. The Balaban J connectivity index is 1.56. The van der Waals surface area contributed by atoms with Gasteiger partial charge in [0.05, 0.1) is 0 Å². The van der Waals surface area contributed by atoms with Gasteiger partial charge in [-0.25, -0.2) is 0 Å². The van der Waals surface area contributed by atoms with Gasteiger partial charge in [-0.3, -0.25) is 0 Å². The van der Waals surface area contributed by atoms with Crippen LogP contribution >= 0.6 is 7.14 Å². The highest BCUT2D eigenvalue weighted by Gasteiger charge is 2.52. The molecule has 3 atom stereocenters. The first-order valence-electron chi connectivity index (χ1n) is 10.2. The maximum atomic E-state index is 14.8. The lowest BCUT2D eigenvalue weighted by Gasteiger charge is -2.30. The van der Waals surface area contributed by atoms with Crippen LogP contribution in [-0.2, 0) is 11.0 Å². The van der Waals surface area contributed by atoms with Crippen LogP contribution in [0.5, 0.6) is 0 Å². The lowest BCUT2D eigenvalue weighted by Crippen LogP contribution is -2.30. The van der Waals surface area contributed by atoms with Gasteiger partial charge in [0.2, 0.25) is 0 Å². The highest BCUT2D eigenvalue weighted by atomic mass is 31.2. The highest BCUT2D eigenvalue weighted by molar-refractivity contribution is 7.79. The minimum Gasteiger partial charge on any atom is -0.313 e. The zero-order valence-corrected chi connectivity index (χ0v) is 16.8. The van der Waals surface area contributed by atoms with Crippen LogP contribution < -0.4 is 10.6 Å². The van der Waals surface area contributed by atoms with Gasteiger partial charge >= 0.3 is 0 Å². The molecule has 0 heterocycles. The molecule has 2 bridgehead atoms. The average molecular weight is 384 g/mol. The summed E-state index contributed by atoms with van der Waals surface area (Å²) in [4.78, 5) is 0. The normalized spacial score (nSPS) is 23.6. The molecule has 0 saturated heterocycles. The number of rotatable bonds is 5. The minimum atomic E-state index is -2.72. The van der Waals surface area contributed by atoms with E-state index >= 15 is 0 Å². The molecule has 2 heteroatoms. The molecule has 0 aromatic heterocycles. The van der Waals surface area contributed by atoms with E-state index in [2.05, 4.69) is 60.7 Å². The summed E-state index contributed by atoms with van der Waals surface area (Å²) in [6.45, 7) is 0. The second-order valence-electron chi connectivity index (χ2n) is 8.07. The first-order valence-corrected chi connectivity index (χ1v) is 12.0. The first kappa shape index (κ1) is 17.7. The molecule has 2 aliphatic rings. The van der Waals surface area contributed by atoms with Gasteiger partial charge < -0.3 is 4.57 Å². The van der Waals surface area contributed by atoms with E-state index < -0.39 is 7.14 Å². The molecule has 0 spiro atoms. The van der Waals surface area contributed by atoms with E-state index in [4.69, 9.17) is 0 Å². The quantitative estimate of drug-likeness (QED) is 0.415. The molecule has 0 unspecified atom stereocenters. The largest absolute Gasteiger partial charge is 0.313 e. The van der Waals surface area contributed by atoms with Crippen LogP contribution in [0, 0.1) is 11.8 Å². The standard InChI is InChI=1S/C26H25OP/c27-28(23-12-6-2-7-13-23,24-14-8-3-9-15-24)26-21-16-17-25(26)22(19-21)18-20-10-4-1-5-11-20/h1-15,19,21,25-26H,16-18H2/t21-,25+,26+/m0/s1. The molecule has 140 valence electrons. The number of allylic oxidation sites excluding steroid dienone is 2. The number of hydrogen-bond acceptors (Lipinski definition) is 1. The molecule has 0 radical (unpaired) electrons. The first-order chi connectivity index (χ1) is 13.8. The summed E-state index contributed by atoms with van der Waals surface area (Å²) in [7, 11) is -2.72. The second kappa shape index (κ2) is 7.22. The minimum absolute atomic E-state index is 0.205. The Morgan fingerprint density at radius 1 is 0.714 bits per heavy atom. The van der Waals surface area contributed by atoms with Crippen LogP contribution in [0.3, 0.4) is 0 Å². The van der Waals surface area contributed by atoms with Crippen LogP contribution in [-0.4, -0.2) is 5.66 Å². The van der Waals surface area contributed by atoms with E-state index in [9.17, 15) is 4.57 Å². The van der Waals surface area contributed by atoms with Crippen LogP contribution in [0.1, 0.15) is 18.4 Å². The molecule has 1 nitrogen and oxygen atoms in total. The fraction of sp³-hybridized carbons (Fsp3) is 0.231. The van der Waals surface area contributed by atoms with Crippen LogP contribution in [0.25, 0.3) is 0 Å². The summed E-state index contributed by atoms with van der Waals surface area (Å²) < 4.78 is 14.8. The molecule has 3 aromatic carbocycles. The third-order valence-electron chi connectivity index (χ3n) is 6.52. The molecule has 0 amide bonds. The zero-order chi connectivity index (χ0) is 19.0. The Labute approximate surface area is 167 Å². The van der Waals surface area contributed by atoms with Crippen molar-refractivity contribution in [3.8, 4) is 0 Å². The summed E-state index contributed by atoms with van der Waals surface area (Å²) in [5, 5.41) is 2.02. The summed E-state index contributed by atoms with van der Waals surface area (Å²) in [6, 6.07) is 31.1. The van der Waals surface area contributed by atoms with Crippen molar-refractivity contribution in [2.45, 2.75) is 24.9 Å². The highest BCUT2D eigenvalue weighted by Crippen LogP contribution is 2.63. The van der Waals surface area contributed by atoms with Crippen molar-refractivity contribution >= 4 is 17.8 Å². The Hall–Kier alpha value is -2.37. The molecule has 28 heavy (non-hydrogen) atoms. The Kier molecular flexibility index (Phi) is 4.57. The summed E-state index contributed by atoms with van der Waals surface area (Å²) in [6.07, 6.45) is 5.78. The molecule has 1 saturated carbocycles. The fourth-order valence-corrected chi connectivity index (χ4v) is 9.17. The van der Waals surface area contributed by atoms with Gasteiger partial charge in [0.25, 0.3) is 0 Å². The third-order valence-corrected chi connectivity index (χ3v) is 10.2. The van der Waals surface area contributed by atoms with E-state index in [1.165, 1.54) is 11.1 Å². The molecule has 1 fully saturated rings. The van der Waals surface area contributed by atoms with Crippen molar-refractivity contribution in [3.63, 3.8) is 0 Å². The van der Waals surface area contributed by atoms with Crippen molar-refractivity contribution in [1.29, 1.82) is 0 Å². The molecule has 2 aliphatic carbocycles. The number of fused-ring (bicyclic) bond motifs is 2. The molecular weight excluding hydrogens is 359 g/mol. The second-order valence-corrected chi connectivity index (χ2v) is 11.0. The van der Waals surface area contributed by atoms with Gasteiger partial charge in [-0.1, -0.05) is 103 Å². The van der Waals surface area contributed by atoms with Gasteiger partial charge in [-0.15, -0.1) is 0 Å². The lowest BCUT2D eigenvalue weighted by atomic mass is 9.93. The van der Waals surface area contributed by atoms with E-state index in [-0.39, 0.29) is 5.66 Å². The Morgan fingerprint density at radius 3 is 1.82 bits per heavy atom. The van der Waals surface area contributed by atoms with Gasteiger partial charge in [0.15, 0.2) is 0 Å². The van der Waals surface area contributed by atoms with E-state index in [1.54, 1.807) is 0 Å². The van der Waals surface area contributed by atoms with Gasteiger partial charge in [0, 0.05) is 16.3 Å². The molecule has 3 aromatic rings. The van der Waals surface area contributed by atoms with Crippen molar-refractivity contribution in [2.24, 2.45) is 11.8 Å². The van der Waals surface area contributed by atoms with Gasteiger partial charge in [0.1, 0.15) is 7.14 Å². The van der Waals surface area contributed by atoms with Crippen molar-refractivity contribution in [1.82, 2.24) is 0 Å². The van der Waals surface area contributed by atoms with Gasteiger partial charge in [-0.2, -0.15) is 0 Å². The Bertz CT molecular complexity index is 980. The third kappa shape index (κ3) is 2.90. The number of benzene rings is 3. The average Bonchev–Trinajstić information content (AvgIpc) is 3.33. The van der Waals surface area contributed by atoms with Crippen LogP contribution in [0.15, 0.2) is 103 Å². The maximum Gasteiger partial charge on any atom is 0.147 e. The topological polar surface area (TPSA) is 17.1 Å². The van der Waals surface area contributed by atoms with E-state index in [0.29, 0.717) is 11.8 Å². The maximum absolute atomic E-state index is 14.8. The molecule has 0 N–H and O–H groups in total. The van der Waals surface area contributed by atoms with Crippen molar-refractivity contribution < 1.29 is 4.57 Å². The monoisotopic (exact) mass is 384 g/mol.